The molecule has 0 aromatic heterocycles. The highest BCUT2D eigenvalue weighted by molar-refractivity contribution is 5.82. The largest absolute Gasteiger partial charge is 0.346 e. The average molecular weight is 308 g/mol. The van der Waals surface area contributed by atoms with Crippen LogP contribution in [-0.2, 0) is 16.8 Å². The first kappa shape index (κ1) is 14.7. The van der Waals surface area contributed by atoms with Gasteiger partial charge in [-0.3, -0.25) is 9.69 Å². The van der Waals surface area contributed by atoms with E-state index in [1.54, 1.807) is 0 Å². The van der Waals surface area contributed by atoms with E-state index in [0.29, 0.717) is 6.42 Å². The van der Waals surface area contributed by atoms with Gasteiger partial charge in [0.05, 0.1) is 12.0 Å². The maximum atomic E-state index is 12.2. The van der Waals surface area contributed by atoms with E-state index >= 15 is 0 Å². The van der Waals surface area contributed by atoms with Gasteiger partial charge in [-0.25, -0.2) is 0 Å². The Hall–Kier alpha value is -1.87. The van der Waals surface area contributed by atoms with E-state index in [2.05, 4.69) is 46.6 Å². The number of likely N-dealkylation sites (tertiary alicyclic amines) is 1. The average Bonchev–Trinajstić information content (AvgIpc) is 2.58. The summed E-state index contributed by atoms with van der Waals surface area (Å²) in [6.07, 6.45) is 11.6. The van der Waals surface area contributed by atoms with Gasteiger partial charge in [0, 0.05) is 19.6 Å². The Morgan fingerprint density at radius 1 is 1.17 bits per heavy atom. The minimum Gasteiger partial charge on any atom is -0.346 e. The zero-order valence-electron chi connectivity index (χ0n) is 13.6. The summed E-state index contributed by atoms with van der Waals surface area (Å²) in [7, 11) is 0. The third-order valence-corrected chi connectivity index (χ3v) is 5.50. The summed E-state index contributed by atoms with van der Waals surface area (Å²) >= 11 is 0. The summed E-state index contributed by atoms with van der Waals surface area (Å²) in [6, 6.07) is 8.47. The van der Waals surface area contributed by atoms with Crippen molar-refractivity contribution in [1.82, 2.24) is 10.2 Å². The number of nitrogens with zero attached hydrogens (tertiary/aromatic N) is 1. The van der Waals surface area contributed by atoms with Crippen molar-refractivity contribution in [2.45, 2.75) is 37.6 Å². The zero-order chi connectivity index (χ0) is 15.7. The molecule has 3 nitrogen and oxygen atoms in total. The lowest BCUT2D eigenvalue weighted by Crippen LogP contribution is -2.56. The van der Waals surface area contributed by atoms with Crippen molar-refractivity contribution < 1.29 is 4.79 Å². The molecule has 2 heterocycles. The van der Waals surface area contributed by atoms with E-state index in [4.69, 9.17) is 0 Å². The van der Waals surface area contributed by atoms with Crippen LogP contribution in [0.3, 0.4) is 0 Å². The lowest BCUT2D eigenvalue weighted by molar-refractivity contribution is -0.124. The molecule has 120 valence electrons. The summed E-state index contributed by atoms with van der Waals surface area (Å²) in [6.45, 7) is 3.18. The van der Waals surface area contributed by atoms with E-state index in [9.17, 15) is 4.79 Å². The fourth-order valence-electron chi connectivity index (χ4n) is 4.25. The molecule has 0 radical (unpaired) electrons. The van der Waals surface area contributed by atoms with Crippen molar-refractivity contribution >= 4 is 5.91 Å². The van der Waals surface area contributed by atoms with Gasteiger partial charge in [0.15, 0.2) is 0 Å². The summed E-state index contributed by atoms with van der Waals surface area (Å²) in [5.41, 5.74) is 3.96. The molecule has 23 heavy (non-hydrogen) atoms. The topological polar surface area (TPSA) is 32.3 Å². The fraction of sp³-hybridized carbons (Fsp3) is 0.450. The number of amides is 1. The van der Waals surface area contributed by atoms with Crippen LogP contribution >= 0.6 is 0 Å². The van der Waals surface area contributed by atoms with Crippen molar-refractivity contribution in [1.29, 1.82) is 0 Å². The lowest BCUT2D eigenvalue weighted by atomic mass is 9.75. The number of carbonyl (C=O) groups is 1. The Labute approximate surface area is 138 Å². The summed E-state index contributed by atoms with van der Waals surface area (Å²) in [5, 5.41) is 3.32. The predicted octanol–water partition coefficient (Wildman–Crippen LogP) is 2.93. The molecule has 1 aromatic carbocycles. The van der Waals surface area contributed by atoms with Gasteiger partial charge in [0.2, 0.25) is 5.91 Å². The number of nitrogens with one attached hydrogen (secondary N) is 1. The van der Waals surface area contributed by atoms with Crippen LogP contribution in [0.4, 0.5) is 0 Å². The van der Waals surface area contributed by atoms with Crippen molar-refractivity contribution in [3.05, 3.63) is 59.2 Å². The Morgan fingerprint density at radius 3 is 2.78 bits per heavy atom. The Bertz CT molecular complexity index is 666. The zero-order valence-corrected chi connectivity index (χ0v) is 13.6. The molecule has 1 aliphatic carbocycles. The molecule has 3 heteroatoms. The van der Waals surface area contributed by atoms with Crippen molar-refractivity contribution in [3.8, 4) is 0 Å². The molecule has 1 amide bonds. The molecule has 4 rings (SSSR count). The second-order valence-corrected chi connectivity index (χ2v) is 7.03. The predicted molar refractivity (Wildman–Crippen MR) is 92.1 cm³/mol. The van der Waals surface area contributed by atoms with Crippen LogP contribution in [0.1, 0.15) is 36.8 Å². The van der Waals surface area contributed by atoms with Crippen LogP contribution in [0.2, 0.25) is 0 Å². The van der Waals surface area contributed by atoms with Gasteiger partial charge in [-0.05, 0) is 36.8 Å². The third-order valence-electron chi connectivity index (χ3n) is 5.50. The van der Waals surface area contributed by atoms with Crippen LogP contribution < -0.4 is 5.32 Å². The first-order valence-electron chi connectivity index (χ1n) is 8.72. The van der Waals surface area contributed by atoms with Crippen molar-refractivity contribution in [2.75, 3.05) is 19.6 Å². The first-order valence-corrected chi connectivity index (χ1v) is 8.72. The number of benzene rings is 1. The monoisotopic (exact) mass is 308 g/mol. The summed E-state index contributed by atoms with van der Waals surface area (Å²) < 4.78 is 0. The van der Waals surface area contributed by atoms with Crippen LogP contribution in [0.15, 0.2) is 48.1 Å². The SMILES string of the molecule is O=C1Cc2ccccc2C2(CCN(CC3=CC=CCC3)CC2)N1. The Balaban J connectivity index is 1.49. The first-order chi connectivity index (χ1) is 11.3. The third kappa shape index (κ3) is 2.86. The van der Waals surface area contributed by atoms with Crippen molar-refractivity contribution in [2.24, 2.45) is 0 Å². The maximum absolute atomic E-state index is 12.2. The highest BCUT2D eigenvalue weighted by Crippen LogP contribution is 2.38. The number of piperidine rings is 1. The van der Waals surface area contributed by atoms with Crippen LogP contribution in [0.25, 0.3) is 0 Å². The Morgan fingerprint density at radius 2 is 2.00 bits per heavy atom. The normalized spacial score (nSPS) is 23.3. The minimum atomic E-state index is -0.136. The van der Waals surface area contributed by atoms with Gasteiger partial charge in [-0.15, -0.1) is 0 Å². The minimum absolute atomic E-state index is 0.136. The molecule has 0 saturated carbocycles. The molecule has 1 spiro atoms. The standard InChI is InChI=1S/C20H24N2O/c23-19-14-17-8-4-5-9-18(17)20(21-19)10-12-22(13-11-20)15-16-6-2-1-3-7-16/h1-2,4-6,8-9H,3,7,10-15H2,(H,21,23). The fourth-order valence-corrected chi connectivity index (χ4v) is 4.25. The van der Waals surface area contributed by atoms with E-state index in [-0.39, 0.29) is 11.4 Å². The molecule has 0 bridgehead atoms. The van der Waals surface area contributed by atoms with Crippen molar-refractivity contribution in [3.63, 3.8) is 0 Å². The highest BCUT2D eigenvalue weighted by atomic mass is 16.1. The molecule has 0 unspecified atom stereocenters. The molecule has 1 aromatic rings. The molecule has 1 fully saturated rings. The Kier molecular flexibility index (Phi) is 3.82. The van der Waals surface area contributed by atoms with E-state index in [1.165, 1.54) is 29.5 Å². The number of hydrogen-bond donors (Lipinski definition) is 1. The summed E-state index contributed by atoms with van der Waals surface area (Å²) in [5.74, 6) is 0.178. The molecule has 2 aliphatic heterocycles. The second-order valence-electron chi connectivity index (χ2n) is 7.03. The molecule has 3 aliphatic rings. The number of carbonyl (C=O) groups excluding carboxylic acids is 1. The second kappa shape index (κ2) is 5.97. The van der Waals surface area contributed by atoms with Crippen LogP contribution in [-0.4, -0.2) is 30.4 Å². The lowest BCUT2D eigenvalue weighted by Gasteiger charge is -2.46. The van der Waals surface area contributed by atoms with E-state index < -0.39 is 0 Å². The highest BCUT2D eigenvalue weighted by Gasteiger charge is 2.41. The molecular weight excluding hydrogens is 284 g/mol. The maximum Gasteiger partial charge on any atom is 0.225 e. The van der Waals surface area contributed by atoms with Crippen LogP contribution in [0.5, 0.6) is 0 Å². The number of rotatable bonds is 2. The molecule has 1 N–H and O–H groups in total. The van der Waals surface area contributed by atoms with Gasteiger partial charge in [0.1, 0.15) is 0 Å². The van der Waals surface area contributed by atoms with Crippen LogP contribution in [0, 0.1) is 0 Å². The quantitative estimate of drug-likeness (QED) is 0.911. The molecular formula is C20H24N2O. The van der Waals surface area contributed by atoms with Gasteiger partial charge in [-0.2, -0.15) is 0 Å². The number of fused-ring (bicyclic) bond motifs is 2. The molecule has 0 atom stereocenters. The smallest absolute Gasteiger partial charge is 0.225 e. The van der Waals surface area contributed by atoms with E-state index in [0.717, 1.165) is 32.5 Å². The van der Waals surface area contributed by atoms with Gasteiger partial charge in [0.25, 0.3) is 0 Å². The summed E-state index contributed by atoms with van der Waals surface area (Å²) in [4.78, 5) is 14.7. The number of hydrogen-bond acceptors (Lipinski definition) is 2. The number of allylic oxidation sites excluding steroid dienone is 3. The van der Waals surface area contributed by atoms with Gasteiger partial charge >= 0.3 is 0 Å². The van der Waals surface area contributed by atoms with Gasteiger partial charge < -0.3 is 5.32 Å². The van der Waals surface area contributed by atoms with Gasteiger partial charge in [-0.1, -0.05) is 48.1 Å². The van der Waals surface area contributed by atoms with E-state index in [1.807, 2.05) is 6.07 Å². The molecule has 1 saturated heterocycles.